The maximum Gasteiger partial charge on any atom is 0.310 e. The third-order valence-electron chi connectivity index (χ3n) is 7.61. The summed E-state index contributed by atoms with van der Waals surface area (Å²) in [6, 6.07) is 12.8. The van der Waals surface area contributed by atoms with Crippen LogP contribution < -0.4 is 4.74 Å². The smallest absolute Gasteiger partial charge is 0.310 e. The molecule has 2 aromatic carbocycles. The molecule has 0 aliphatic heterocycles. The van der Waals surface area contributed by atoms with Crippen molar-refractivity contribution in [1.29, 1.82) is 5.26 Å². The second-order valence-corrected chi connectivity index (χ2v) is 16.9. The normalized spacial score (nSPS) is 19.0. The summed E-state index contributed by atoms with van der Waals surface area (Å²) in [6.45, 7) is 9.95. The third-order valence-corrected chi connectivity index (χ3v) is 9.31. The summed E-state index contributed by atoms with van der Waals surface area (Å²) in [5.74, 6) is 0.704. The van der Waals surface area contributed by atoms with Crippen molar-refractivity contribution in [2.24, 2.45) is 5.92 Å². The lowest BCUT2D eigenvalue weighted by atomic mass is 9.87. The van der Waals surface area contributed by atoms with Gasteiger partial charge in [-0.3, -0.25) is 4.79 Å². The summed E-state index contributed by atoms with van der Waals surface area (Å²) in [5.41, 5.74) is 4.27. The van der Waals surface area contributed by atoms with Crippen LogP contribution in [0.25, 0.3) is 21.9 Å². The first-order chi connectivity index (χ1) is 18.1. The molecule has 1 aliphatic carbocycles. The maximum absolute atomic E-state index is 13.1. The quantitative estimate of drug-likeness (QED) is 0.174. The van der Waals surface area contributed by atoms with Crippen LogP contribution in [-0.2, 0) is 26.4 Å². The molecule has 8 nitrogen and oxygen atoms in total. The van der Waals surface area contributed by atoms with Gasteiger partial charge in [0.05, 0.1) is 48.2 Å². The molecule has 1 fully saturated rings. The maximum atomic E-state index is 13.1. The topological polar surface area (TPSA) is 102 Å². The van der Waals surface area contributed by atoms with E-state index in [1.54, 1.807) is 19.2 Å². The number of methoxy groups -OCH3 is 2. The molecule has 198 valence electrons. The summed E-state index contributed by atoms with van der Waals surface area (Å²) >= 11 is 0. The van der Waals surface area contributed by atoms with Gasteiger partial charge in [-0.2, -0.15) is 5.26 Å². The highest BCUT2D eigenvalue weighted by atomic mass is 28.3. The predicted molar refractivity (Wildman–Crippen MR) is 149 cm³/mol. The van der Waals surface area contributed by atoms with Crippen LogP contribution in [-0.4, -0.2) is 49.4 Å². The second-order valence-electron chi connectivity index (χ2n) is 11.3. The summed E-state index contributed by atoms with van der Waals surface area (Å²) in [5, 5.41) is 10.5. The number of rotatable bonds is 9. The number of carbonyl (C=O) groups is 1. The molecule has 2 heterocycles. The fourth-order valence-electron chi connectivity index (χ4n) is 5.53. The van der Waals surface area contributed by atoms with Crippen LogP contribution in [0.2, 0.25) is 25.7 Å². The Hall–Kier alpha value is -3.61. The number of H-pyrrole nitrogens is 1. The van der Waals surface area contributed by atoms with Gasteiger partial charge in [0.25, 0.3) is 0 Å². The number of imidazole rings is 1. The van der Waals surface area contributed by atoms with E-state index in [9.17, 15) is 10.1 Å². The van der Waals surface area contributed by atoms with Gasteiger partial charge in [0.2, 0.25) is 0 Å². The monoisotopic (exact) mass is 530 g/mol. The van der Waals surface area contributed by atoms with Gasteiger partial charge in [-0.15, -0.1) is 0 Å². The molecular formula is C29H34N4O4Si. The largest absolute Gasteiger partial charge is 0.496 e. The molecule has 1 N–H and O–H groups in total. The lowest BCUT2D eigenvalue weighted by Gasteiger charge is -2.24. The minimum absolute atomic E-state index is 0.285. The number of benzene rings is 2. The Morgan fingerprint density at radius 3 is 2.74 bits per heavy atom. The first-order valence-electron chi connectivity index (χ1n) is 12.9. The van der Waals surface area contributed by atoms with Gasteiger partial charge in [0.15, 0.2) is 0 Å². The lowest BCUT2D eigenvalue weighted by molar-refractivity contribution is -0.142. The summed E-state index contributed by atoms with van der Waals surface area (Å²) in [7, 11) is 1.80. The van der Waals surface area contributed by atoms with Gasteiger partial charge in [0, 0.05) is 37.3 Å². The van der Waals surface area contributed by atoms with Gasteiger partial charge in [-0.1, -0.05) is 19.6 Å². The van der Waals surface area contributed by atoms with Crippen LogP contribution in [0, 0.1) is 24.2 Å². The van der Waals surface area contributed by atoms with Gasteiger partial charge < -0.3 is 23.8 Å². The van der Waals surface area contributed by atoms with Crippen molar-refractivity contribution in [3.05, 3.63) is 59.0 Å². The zero-order valence-electron chi connectivity index (χ0n) is 22.8. The van der Waals surface area contributed by atoms with E-state index in [2.05, 4.69) is 35.3 Å². The highest BCUT2D eigenvalue weighted by molar-refractivity contribution is 6.76. The molecular weight excluding hydrogens is 496 g/mol. The Kier molecular flexibility index (Phi) is 6.57. The molecule has 38 heavy (non-hydrogen) atoms. The number of aromatic amines is 1. The number of ether oxygens (including phenoxy) is 3. The number of nitriles is 1. The number of esters is 1. The Morgan fingerprint density at radius 2 is 2.05 bits per heavy atom. The first-order valence-corrected chi connectivity index (χ1v) is 16.6. The van der Waals surface area contributed by atoms with Crippen LogP contribution in [0.15, 0.2) is 36.5 Å². The van der Waals surface area contributed by atoms with Gasteiger partial charge >= 0.3 is 5.97 Å². The zero-order chi connectivity index (χ0) is 27.2. The Bertz CT molecular complexity index is 1580. The van der Waals surface area contributed by atoms with Crippen molar-refractivity contribution in [3.8, 4) is 11.8 Å². The molecule has 0 spiro atoms. The highest BCUT2D eigenvalue weighted by Crippen LogP contribution is 2.63. The van der Waals surface area contributed by atoms with Crippen molar-refractivity contribution < 1.29 is 19.0 Å². The minimum Gasteiger partial charge on any atom is -0.496 e. The van der Waals surface area contributed by atoms with Crippen LogP contribution in [0.5, 0.6) is 5.75 Å². The van der Waals surface area contributed by atoms with E-state index in [4.69, 9.17) is 19.2 Å². The van der Waals surface area contributed by atoms with E-state index in [0.717, 1.165) is 39.4 Å². The Labute approximate surface area is 223 Å². The van der Waals surface area contributed by atoms with Crippen molar-refractivity contribution in [1.82, 2.24) is 14.5 Å². The van der Waals surface area contributed by atoms with E-state index in [-0.39, 0.29) is 5.97 Å². The third kappa shape index (κ3) is 4.28. The lowest BCUT2D eigenvalue weighted by Crippen LogP contribution is -2.25. The molecule has 0 amide bonds. The van der Waals surface area contributed by atoms with Crippen molar-refractivity contribution in [2.45, 2.75) is 51.2 Å². The number of nitrogens with zero attached hydrogens (tertiary/aromatic N) is 3. The number of carbonyl (C=O) groups excluding carboxylic acids is 1. The number of aromatic nitrogens is 3. The molecule has 5 rings (SSSR count). The number of hydrogen-bond acceptors (Lipinski definition) is 6. The molecule has 0 bridgehead atoms. The standard InChI is InChI=1S/C29H34N4O4Si/c1-18-13-24(35-2)25(20-9-10-31-26(18)20)29(15-21(29)27(34)36-3)28-32-22-14-19(16-30)7-8-23(22)33(28)17-37-11-12-38(4,5)6/h7-10,13-14,21,31H,11-12,15,17H2,1-6H3. The first kappa shape index (κ1) is 26.0. The van der Waals surface area contributed by atoms with Crippen LogP contribution in [0.3, 0.4) is 0 Å². The van der Waals surface area contributed by atoms with Gasteiger partial charge in [-0.25, -0.2) is 4.98 Å². The summed E-state index contributed by atoms with van der Waals surface area (Å²) < 4.78 is 19.5. The Morgan fingerprint density at radius 1 is 1.26 bits per heavy atom. The molecule has 4 aromatic rings. The predicted octanol–water partition coefficient (Wildman–Crippen LogP) is 5.50. The van der Waals surface area contributed by atoms with Gasteiger partial charge in [0.1, 0.15) is 18.3 Å². The minimum atomic E-state index is -1.27. The van der Waals surface area contributed by atoms with Crippen LogP contribution in [0.4, 0.5) is 0 Å². The van der Waals surface area contributed by atoms with Gasteiger partial charge in [-0.05, 0) is 55.3 Å². The Balaban J connectivity index is 1.74. The van der Waals surface area contributed by atoms with Crippen molar-refractivity contribution >= 4 is 36.0 Å². The number of aryl methyl sites for hydroxylation is 1. The van der Waals surface area contributed by atoms with E-state index in [1.165, 1.54) is 7.11 Å². The molecule has 9 heteroatoms. The fraction of sp³-hybridized carbons (Fsp3) is 0.414. The molecule has 2 unspecified atom stereocenters. The average molecular weight is 531 g/mol. The molecule has 0 saturated heterocycles. The molecule has 1 aliphatic rings. The zero-order valence-corrected chi connectivity index (χ0v) is 23.8. The fourth-order valence-corrected chi connectivity index (χ4v) is 6.29. The number of fused-ring (bicyclic) bond motifs is 2. The molecule has 2 aromatic heterocycles. The van der Waals surface area contributed by atoms with Crippen molar-refractivity contribution in [2.75, 3.05) is 20.8 Å². The second kappa shape index (κ2) is 9.60. The number of nitrogens with one attached hydrogen (secondary N) is 1. The van der Waals surface area contributed by atoms with E-state index in [0.29, 0.717) is 36.6 Å². The summed E-state index contributed by atoms with van der Waals surface area (Å²) in [4.78, 5) is 21.5. The molecule has 1 saturated carbocycles. The molecule has 2 atom stereocenters. The highest BCUT2D eigenvalue weighted by Gasteiger charge is 2.65. The summed E-state index contributed by atoms with van der Waals surface area (Å²) in [6.07, 6.45) is 2.44. The van der Waals surface area contributed by atoms with E-state index < -0.39 is 19.4 Å². The van der Waals surface area contributed by atoms with Crippen LogP contribution >= 0.6 is 0 Å². The van der Waals surface area contributed by atoms with Crippen LogP contribution in [0.1, 0.15) is 28.9 Å². The van der Waals surface area contributed by atoms with E-state index in [1.807, 2.05) is 31.3 Å². The SMILES string of the molecule is COC(=O)C1CC1(c1c(OC)cc(C)c2[nH]ccc12)c1nc2cc(C#N)ccc2n1COCC[Si](C)(C)C. The molecule has 0 radical (unpaired) electrons. The average Bonchev–Trinajstić information content (AvgIpc) is 3.24. The number of hydrogen-bond donors (Lipinski definition) is 1. The van der Waals surface area contributed by atoms with E-state index >= 15 is 0 Å². The van der Waals surface area contributed by atoms with Crippen molar-refractivity contribution in [3.63, 3.8) is 0 Å².